The number of hydrogen-bond acceptors (Lipinski definition) is 3. The summed E-state index contributed by atoms with van der Waals surface area (Å²) in [6, 6.07) is 12.1. The van der Waals surface area contributed by atoms with E-state index in [2.05, 4.69) is 5.32 Å². The molecule has 3 nitrogen and oxygen atoms in total. The van der Waals surface area contributed by atoms with Gasteiger partial charge in [-0.1, -0.05) is 18.2 Å². The number of ether oxygens (including phenoxy) is 2. The Balaban J connectivity index is 2.23. The van der Waals surface area contributed by atoms with Crippen molar-refractivity contribution in [2.24, 2.45) is 0 Å². The number of rotatable bonds is 5. The maximum absolute atomic E-state index is 13.7. The summed E-state index contributed by atoms with van der Waals surface area (Å²) >= 11 is 0. The molecule has 0 aromatic heterocycles. The molecular formula is C16H18FNO2. The van der Waals surface area contributed by atoms with Crippen molar-refractivity contribution >= 4 is 5.69 Å². The lowest BCUT2D eigenvalue weighted by molar-refractivity contribution is 0.394. The van der Waals surface area contributed by atoms with Gasteiger partial charge in [0.05, 0.1) is 20.3 Å². The van der Waals surface area contributed by atoms with Crippen LogP contribution in [0.15, 0.2) is 42.5 Å². The SMILES string of the molecule is COc1cc(NC(C)c2ccccc2F)cc(OC)c1. The highest BCUT2D eigenvalue weighted by Gasteiger charge is 2.11. The molecule has 1 atom stereocenters. The van der Waals surface area contributed by atoms with Gasteiger partial charge in [-0.3, -0.25) is 0 Å². The van der Waals surface area contributed by atoms with E-state index in [0.29, 0.717) is 17.1 Å². The lowest BCUT2D eigenvalue weighted by Gasteiger charge is -2.17. The molecule has 20 heavy (non-hydrogen) atoms. The minimum atomic E-state index is -0.220. The van der Waals surface area contributed by atoms with Crippen molar-refractivity contribution in [3.8, 4) is 11.5 Å². The van der Waals surface area contributed by atoms with Crippen LogP contribution in [0, 0.1) is 5.82 Å². The zero-order valence-electron chi connectivity index (χ0n) is 11.8. The van der Waals surface area contributed by atoms with Gasteiger partial charge in [-0.15, -0.1) is 0 Å². The summed E-state index contributed by atoms with van der Waals surface area (Å²) in [6.07, 6.45) is 0. The number of benzene rings is 2. The molecule has 0 aliphatic heterocycles. The average molecular weight is 275 g/mol. The smallest absolute Gasteiger partial charge is 0.128 e. The lowest BCUT2D eigenvalue weighted by atomic mass is 10.1. The minimum absolute atomic E-state index is 0.159. The molecule has 0 aliphatic rings. The van der Waals surface area contributed by atoms with Crippen molar-refractivity contribution in [3.63, 3.8) is 0 Å². The van der Waals surface area contributed by atoms with Gasteiger partial charge in [-0.05, 0) is 13.0 Å². The van der Waals surface area contributed by atoms with Gasteiger partial charge in [-0.2, -0.15) is 0 Å². The van der Waals surface area contributed by atoms with Crippen molar-refractivity contribution in [1.29, 1.82) is 0 Å². The van der Waals surface area contributed by atoms with E-state index in [0.717, 1.165) is 5.69 Å². The molecule has 4 heteroatoms. The fraction of sp³-hybridized carbons (Fsp3) is 0.250. The maximum atomic E-state index is 13.7. The predicted molar refractivity (Wildman–Crippen MR) is 78.0 cm³/mol. The van der Waals surface area contributed by atoms with Gasteiger partial charge in [0, 0.05) is 29.4 Å². The normalized spacial score (nSPS) is 11.8. The summed E-state index contributed by atoms with van der Waals surface area (Å²) in [6.45, 7) is 1.91. The van der Waals surface area contributed by atoms with Gasteiger partial charge in [-0.25, -0.2) is 4.39 Å². The second-order valence-corrected chi connectivity index (χ2v) is 4.49. The Morgan fingerprint density at radius 2 is 1.60 bits per heavy atom. The first-order chi connectivity index (χ1) is 9.63. The van der Waals surface area contributed by atoms with E-state index < -0.39 is 0 Å². The number of nitrogens with one attached hydrogen (secondary N) is 1. The van der Waals surface area contributed by atoms with E-state index >= 15 is 0 Å². The minimum Gasteiger partial charge on any atom is -0.497 e. The first kappa shape index (κ1) is 14.2. The van der Waals surface area contributed by atoms with E-state index in [4.69, 9.17) is 9.47 Å². The van der Waals surface area contributed by atoms with Gasteiger partial charge in [0.25, 0.3) is 0 Å². The third kappa shape index (κ3) is 3.20. The van der Waals surface area contributed by atoms with Crippen LogP contribution in [0.4, 0.5) is 10.1 Å². The molecule has 0 amide bonds. The molecule has 0 saturated carbocycles. The molecule has 2 aromatic rings. The number of methoxy groups -OCH3 is 2. The van der Waals surface area contributed by atoms with Crippen LogP contribution < -0.4 is 14.8 Å². The largest absolute Gasteiger partial charge is 0.497 e. The van der Waals surface area contributed by atoms with Crippen molar-refractivity contribution < 1.29 is 13.9 Å². The van der Waals surface area contributed by atoms with E-state index in [1.807, 2.05) is 25.1 Å². The van der Waals surface area contributed by atoms with Gasteiger partial charge in [0.2, 0.25) is 0 Å². The summed E-state index contributed by atoms with van der Waals surface area (Å²) in [4.78, 5) is 0. The summed E-state index contributed by atoms with van der Waals surface area (Å²) in [5, 5.41) is 3.25. The van der Waals surface area contributed by atoms with Crippen molar-refractivity contribution in [2.75, 3.05) is 19.5 Å². The Labute approximate surface area is 118 Å². The van der Waals surface area contributed by atoms with Crippen LogP contribution >= 0.6 is 0 Å². The molecule has 0 heterocycles. The second-order valence-electron chi connectivity index (χ2n) is 4.49. The first-order valence-electron chi connectivity index (χ1n) is 6.38. The Morgan fingerprint density at radius 3 is 2.15 bits per heavy atom. The Bertz CT molecular complexity index is 564. The quantitative estimate of drug-likeness (QED) is 0.894. The highest BCUT2D eigenvalue weighted by Crippen LogP contribution is 2.29. The number of anilines is 1. The van der Waals surface area contributed by atoms with E-state index in [1.54, 1.807) is 32.4 Å². The van der Waals surface area contributed by atoms with Crippen LogP contribution in [0.5, 0.6) is 11.5 Å². The van der Waals surface area contributed by atoms with E-state index in [-0.39, 0.29) is 11.9 Å². The molecule has 0 bridgehead atoms. The molecular weight excluding hydrogens is 257 g/mol. The van der Waals surface area contributed by atoms with Crippen molar-refractivity contribution in [2.45, 2.75) is 13.0 Å². The summed E-state index contributed by atoms with van der Waals surface area (Å²) < 4.78 is 24.2. The number of hydrogen-bond donors (Lipinski definition) is 1. The highest BCUT2D eigenvalue weighted by molar-refractivity contribution is 5.54. The summed E-state index contributed by atoms with van der Waals surface area (Å²) in [5.41, 5.74) is 1.44. The van der Waals surface area contributed by atoms with Crippen LogP contribution in [0.3, 0.4) is 0 Å². The Morgan fingerprint density at radius 1 is 1.00 bits per heavy atom. The molecule has 0 aliphatic carbocycles. The molecule has 0 saturated heterocycles. The molecule has 0 spiro atoms. The van der Waals surface area contributed by atoms with Crippen LogP contribution in [0.2, 0.25) is 0 Å². The monoisotopic (exact) mass is 275 g/mol. The van der Waals surface area contributed by atoms with Crippen molar-refractivity contribution in [3.05, 3.63) is 53.8 Å². The lowest BCUT2D eigenvalue weighted by Crippen LogP contribution is -2.08. The van der Waals surface area contributed by atoms with Gasteiger partial charge in [0.15, 0.2) is 0 Å². The standard InChI is InChI=1S/C16H18FNO2/c1-11(15-6-4-5-7-16(15)17)18-12-8-13(19-2)10-14(9-12)20-3/h4-11,18H,1-3H3. The summed E-state index contributed by atoms with van der Waals surface area (Å²) in [5.74, 6) is 1.16. The molecule has 106 valence electrons. The van der Waals surface area contributed by atoms with Gasteiger partial charge in [0.1, 0.15) is 17.3 Å². The molecule has 2 aromatic carbocycles. The van der Waals surface area contributed by atoms with Crippen LogP contribution in [-0.2, 0) is 0 Å². The summed E-state index contributed by atoms with van der Waals surface area (Å²) in [7, 11) is 3.19. The topological polar surface area (TPSA) is 30.5 Å². The van der Waals surface area contributed by atoms with Crippen LogP contribution in [0.25, 0.3) is 0 Å². The third-order valence-electron chi connectivity index (χ3n) is 3.11. The Hall–Kier alpha value is -2.23. The predicted octanol–water partition coefficient (Wildman–Crippen LogP) is 4.02. The molecule has 1 unspecified atom stereocenters. The van der Waals surface area contributed by atoms with E-state index in [1.165, 1.54) is 6.07 Å². The second kappa shape index (κ2) is 6.28. The Kier molecular flexibility index (Phi) is 4.45. The molecule has 0 fully saturated rings. The maximum Gasteiger partial charge on any atom is 0.128 e. The fourth-order valence-electron chi connectivity index (χ4n) is 2.04. The van der Waals surface area contributed by atoms with Gasteiger partial charge >= 0.3 is 0 Å². The molecule has 1 N–H and O–H groups in total. The number of halogens is 1. The van der Waals surface area contributed by atoms with E-state index in [9.17, 15) is 4.39 Å². The highest BCUT2D eigenvalue weighted by atomic mass is 19.1. The fourth-order valence-corrected chi connectivity index (χ4v) is 2.04. The molecule has 0 radical (unpaired) electrons. The van der Waals surface area contributed by atoms with Crippen LogP contribution in [0.1, 0.15) is 18.5 Å². The third-order valence-corrected chi connectivity index (χ3v) is 3.11. The van der Waals surface area contributed by atoms with Crippen LogP contribution in [-0.4, -0.2) is 14.2 Å². The first-order valence-corrected chi connectivity index (χ1v) is 6.38. The zero-order valence-corrected chi connectivity index (χ0v) is 11.8. The van der Waals surface area contributed by atoms with Crippen molar-refractivity contribution in [1.82, 2.24) is 0 Å². The van der Waals surface area contributed by atoms with Gasteiger partial charge < -0.3 is 14.8 Å². The molecule has 2 rings (SSSR count). The zero-order chi connectivity index (χ0) is 14.5. The average Bonchev–Trinajstić information content (AvgIpc) is 2.47.